The molecular formula is C30H61O5P. The minimum absolute atomic E-state index is 0.246. The maximum atomic E-state index is 13.3. The summed E-state index contributed by atoms with van der Waals surface area (Å²) in [5.74, 6) is -0.472. The molecule has 0 aromatic carbocycles. The standard InChI is InChI=1S/C30H61O5P/c1-7-10-11-12-13-14-15-16-17-18-19-20-21-22-23-24-25-26-27-28(29(31)35-30(4,5)6)36(32,33-8-2)34-9-3/h28H,7-27H2,1-6H3. The second kappa shape index (κ2) is 22.6. The van der Waals surface area contributed by atoms with E-state index in [4.69, 9.17) is 13.8 Å². The van der Waals surface area contributed by atoms with Gasteiger partial charge >= 0.3 is 13.6 Å². The van der Waals surface area contributed by atoms with Crippen LogP contribution in [0.3, 0.4) is 0 Å². The molecule has 0 saturated carbocycles. The molecule has 0 bridgehead atoms. The predicted molar refractivity (Wildman–Crippen MR) is 154 cm³/mol. The van der Waals surface area contributed by atoms with Crippen molar-refractivity contribution >= 4 is 13.6 Å². The highest BCUT2D eigenvalue weighted by Crippen LogP contribution is 2.55. The summed E-state index contributed by atoms with van der Waals surface area (Å²) in [6.45, 7) is 11.8. The highest BCUT2D eigenvalue weighted by Gasteiger charge is 2.42. The molecule has 0 aromatic rings. The molecule has 1 atom stereocenters. The van der Waals surface area contributed by atoms with E-state index in [0.717, 1.165) is 19.3 Å². The molecule has 0 N–H and O–H groups in total. The smallest absolute Gasteiger partial charge is 0.344 e. The maximum absolute atomic E-state index is 13.3. The number of rotatable bonds is 25. The van der Waals surface area contributed by atoms with Gasteiger partial charge in [0.25, 0.3) is 0 Å². The molecule has 0 spiro atoms. The molecule has 216 valence electrons. The molecule has 0 heterocycles. The third kappa shape index (κ3) is 19.7. The Bertz CT molecular complexity index is 548. The van der Waals surface area contributed by atoms with Gasteiger partial charge in [-0.05, 0) is 41.0 Å². The molecule has 0 fully saturated rings. The van der Waals surface area contributed by atoms with Gasteiger partial charge in [0.15, 0.2) is 5.66 Å². The van der Waals surface area contributed by atoms with Crippen LogP contribution in [0.15, 0.2) is 0 Å². The van der Waals surface area contributed by atoms with E-state index in [1.807, 2.05) is 20.8 Å². The number of ether oxygens (including phenoxy) is 1. The molecular weight excluding hydrogens is 471 g/mol. The van der Waals surface area contributed by atoms with Crippen LogP contribution in [0.2, 0.25) is 0 Å². The summed E-state index contributed by atoms with van der Waals surface area (Å²) in [6, 6.07) is 0. The molecule has 0 saturated heterocycles. The summed E-state index contributed by atoms with van der Waals surface area (Å²) in [4.78, 5) is 12.8. The molecule has 0 radical (unpaired) electrons. The van der Waals surface area contributed by atoms with Gasteiger partial charge in [0.2, 0.25) is 0 Å². The summed E-state index contributed by atoms with van der Waals surface area (Å²) in [6.07, 6.45) is 24.1. The van der Waals surface area contributed by atoms with Crippen LogP contribution in [-0.4, -0.2) is 30.4 Å². The Kier molecular flexibility index (Phi) is 22.4. The van der Waals surface area contributed by atoms with Crippen molar-refractivity contribution in [3.63, 3.8) is 0 Å². The Morgan fingerprint density at radius 1 is 0.611 bits per heavy atom. The van der Waals surface area contributed by atoms with E-state index in [0.29, 0.717) is 6.42 Å². The van der Waals surface area contributed by atoms with Crippen LogP contribution in [0.4, 0.5) is 0 Å². The zero-order valence-corrected chi connectivity index (χ0v) is 25.8. The van der Waals surface area contributed by atoms with Gasteiger partial charge in [0.1, 0.15) is 5.60 Å². The zero-order chi connectivity index (χ0) is 27.1. The summed E-state index contributed by atoms with van der Waals surface area (Å²) >= 11 is 0. The fourth-order valence-corrected chi connectivity index (χ4v) is 6.56. The van der Waals surface area contributed by atoms with Crippen molar-refractivity contribution in [1.29, 1.82) is 0 Å². The van der Waals surface area contributed by atoms with E-state index in [2.05, 4.69) is 6.92 Å². The predicted octanol–water partition coefficient (Wildman–Crippen LogP) is 10.4. The Hall–Kier alpha value is -0.380. The van der Waals surface area contributed by atoms with E-state index in [9.17, 15) is 9.36 Å². The number of carbonyl (C=O) groups is 1. The Morgan fingerprint density at radius 2 is 0.944 bits per heavy atom. The third-order valence-electron chi connectivity index (χ3n) is 6.51. The Labute approximate surface area is 224 Å². The van der Waals surface area contributed by atoms with Gasteiger partial charge in [0, 0.05) is 0 Å². The van der Waals surface area contributed by atoms with E-state index in [-0.39, 0.29) is 13.2 Å². The second-order valence-corrected chi connectivity index (χ2v) is 13.4. The normalized spacial score (nSPS) is 13.2. The minimum atomic E-state index is -3.54. The first-order chi connectivity index (χ1) is 17.2. The van der Waals surface area contributed by atoms with Crippen LogP contribution in [0, 0.1) is 0 Å². The first-order valence-electron chi connectivity index (χ1n) is 15.3. The lowest BCUT2D eigenvalue weighted by Crippen LogP contribution is -2.33. The average molecular weight is 533 g/mol. The summed E-state index contributed by atoms with van der Waals surface area (Å²) in [7, 11) is -3.54. The van der Waals surface area contributed by atoms with Crippen molar-refractivity contribution < 1.29 is 23.1 Å². The van der Waals surface area contributed by atoms with Crippen LogP contribution in [-0.2, 0) is 23.1 Å². The van der Waals surface area contributed by atoms with E-state index < -0.39 is 24.8 Å². The highest BCUT2D eigenvalue weighted by molar-refractivity contribution is 7.55. The topological polar surface area (TPSA) is 61.8 Å². The molecule has 0 aromatic heterocycles. The number of carbonyl (C=O) groups excluding carboxylic acids is 1. The summed E-state index contributed by atoms with van der Waals surface area (Å²) in [5, 5.41) is 0. The number of unbranched alkanes of at least 4 members (excludes halogenated alkanes) is 17. The van der Waals surface area contributed by atoms with Gasteiger partial charge in [-0.3, -0.25) is 9.36 Å². The zero-order valence-electron chi connectivity index (χ0n) is 24.9. The SMILES string of the molecule is CCCCCCCCCCCCCCCCCCCCC(C(=O)OC(C)(C)C)P(=O)(OCC)OCC. The van der Waals surface area contributed by atoms with Crippen molar-refractivity contribution in [1.82, 2.24) is 0 Å². The van der Waals surface area contributed by atoms with Crippen molar-refractivity contribution in [2.45, 2.75) is 175 Å². The lowest BCUT2D eigenvalue weighted by Gasteiger charge is -2.28. The second-order valence-electron chi connectivity index (χ2n) is 11.2. The van der Waals surface area contributed by atoms with Crippen LogP contribution >= 0.6 is 7.60 Å². The third-order valence-corrected chi connectivity index (χ3v) is 8.98. The largest absolute Gasteiger partial charge is 0.459 e. The van der Waals surface area contributed by atoms with Crippen LogP contribution in [0.5, 0.6) is 0 Å². The summed E-state index contributed by atoms with van der Waals surface area (Å²) in [5.41, 5.74) is -1.48. The molecule has 0 amide bonds. The Balaban J connectivity index is 3.97. The fraction of sp³-hybridized carbons (Fsp3) is 0.967. The molecule has 1 unspecified atom stereocenters. The van der Waals surface area contributed by atoms with Gasteiger partial charge in [-0.1, -0.05) is 122 Å². The van der Waals surface area contributed by atoms with Crippen molar-refractivity contribution in [3.8, 4) is 0 Å². The first-order valence-corrected chi connectivity index (χ1v) is 16.9. The first kappa shape index (κ1) is 35.6. The van der Waals surface area contributed by atoms with Crippen LogP contribution < -0.4 is 0 Å². The number of esters is 1. The monoisotopic (exact) mass is 532 g/mol. The molecule has 0 aliphatic carbocycles. The maximum Gasteiger partial charge on any atom is 0.344 e. The van der Waals surface area contributed by atoms with Gasteiger partial charge in [-0.2, -0.15) is 0 Å². The molecule has 36 heavy (non-hydrogen) atoms. The highest BCUT2D eigenvalue weighted by atomic mass is 31.2. The lowest BCUT2D eigenvalue weighted by atomic mass is 10.0. The van der Waals surface area contributed by atoms with Crippen LogP contribution in [0.1, 0.15) is 164 Å². The van der Waals surface area contributed by atoms with Gasteiger partial charge in [-0.25, -0.2) is 0 Å². The quantitative estimate of drug-likeness (QED) is 0.0665. The average Bonchev–Trinajstić information content (AvgIpc) is 2.79. The van der Waals surface area contributed by atoms with Crippen LogP contribution in [0.25, 0.3) is 0 Å². The molecule has 5 nitrogen and oxygen atoms in total. The van der Waals surface area contributed by atoms with Crippen molar-refractivity contribution in [2.24, 2.45) is 0 Å². The Morgan fingerprint density at radius 3 is 1.25 bits per heavy atom. The number of hydrogen-bond acceptors (Lipinski definition) is 5. The van der Waals surface area contributed by atoms with Gasteiger partial charge in [-0.15, -0.1) is 0 Å². The van der Waals surface area contributed by atoms with E-state index >= 15 is 0 Å². The molecule has 0 aliphatic heterocycles. The molecule has 6 heteroatoms. The molecule has 0 aliphatic rings. The minimum Gasteiger partial charge on any atom is -0.459 e. The summed E-state index contributed by atoms with van der Waals surface area (Å²) < 4.78 is 29.8. The van der Waals surface area contributed by atoms with Gasteiger partial charge < -0.3 is 13.8 Å². The molecule has 0 rings (SSSR count). The van der Waals surface area contributed by atoms with Gasteiger partial charge in [0.05, 0.1) is 13.2 Å². The fourth-order valence-electron chi connectivity index (χ4n) is 4.59. The van der Waals surface area contributed by atoms with E-state index in [1.165, 1.54) is 96.3 Å². The number of hydrogen-bond donors (Lipinski definition) is 0. The van der Waals surface area contributed by atoms with Crippen molar-refractivity contribution in [2.75, 3.05) is 13.2 Å². The van der Waals surface area contributed by atoms with E-state index in [1.54, 1.807) is 13.8 Å². The lowest BCUT2D eigenvalue weighted by molar-refractivity contribution is -0.154. The van der Waals surface area contributed by atoms with Crippen molar-refractivity contribution in [3.05, 3.63) is 0 Å².